The van der Waals surface area contributed by atoms with Crippen LogP contribution in [-0.4, -0.2) is 9.97 Å². The van der Waals surface area contributed by atoms with Crippen LogP contribution in [0, 0.1) is 6.92 Å². The Labute approximate surface area is 108 Å². The van der Waals surface area contributed by atoms with Gasteiger partial charge in [0.15, 0.2) is 5.75 Å². The van der Waals surface area contributed by atoms with E-state index in [0.717, 1.165) is 15.8 Å². The third kappa shape index (κ3) is 1.89. The van der Waals surface area contributed by atoms with Gasteiger partial charge in [0.1, 0.15) is 11.0 Å². The Morgan fingerprint density at radius 1 is 1.22 bits per heavy atom. The molecule has 2 heterocycles. The van der Waals surface area contributed by atoms with Crippen molar-refractivity contribution in [3.8, 4) is 11.6 Å². The number of fused-ring (bicyclic) bond motifs is 1. The van der Waals surface area contributed by atoms with Gasteiger partial charge >= 0.3 is 0 Å². The molecule has 0 bridgehead atoms. The first-order valence-corrected chi connectivity index (χ1v) is 6.34. The maximum Gasteiger partial charge on any atom is 0.240 e. The Hall–Kier alpha value is -2.14. The van der Waals surface area contributed by atoms with E-state index >= 15 is 0 Å². The Balaban J connectivity index is 2.06. The number of nitrogens with zero attached hydrogens (tertiary/aromatic N) is 2. The van der Waals surface area contributed by atoms with Crippen LogP contribution in [-0.2, 0) is 0 Å². The fourth-order valence-electron chi connectivity index (χ4n) is 1.67. The van der Waals surface area contributed by atoms with Crippen molar-refractivity contribution in [1.29, 1.82) is 0 Å². The van der Waals surface area contributed by atoms with Crippen LogP contribution in [0.25, 0.3) is 10.2 Å². The minimum atomic E-state index is 0.548. The molecule has 0 aliphatic rings. The quantitative estimate of drug-likeness (QED) is 0.715. The van der Waals surface area contributed by atoms with E-state index in [4.69, 9.17) is 10.5 Å². The Morgan fingerprint density at radius 2 is 2.11 bits per heavy atom. The molecule has 0 aliphatic carbocycles. The summed E-state index contributed by atoms with van der Waals surface area (Å²) in [6.45, 7) is 1.99. The smallest absolute Gasteiger partial charge is 0.240 e. The highest BCUT2D eigenvalue weighted by Gasteiger charge is 2.09. The molecule has 0 unspecified atom stereocenters. The topological polar surface area (TPSA) is 61.0 Å². The molecule has 0 radical (unpaired) electrons. The first kappa shape index (κ1) is 11.0. The second-order valence-corrected chi connectivity index (χ2v) is 4.87. The summed E-state index contributed by atoms with van der Waals surface area (Å²) in [5.74, 6) is 1.18. The SMILES string of the molecule is Cc1ccc(N)c(Oc2ncnc3ccsc23)c1. The number of anilines is 1. The summed E-state index contributed by atoms with van der Waals surface area (Å²) in [7, 11) is 0. The van der Waals surface area contributed by atoms with E-state index < -0.39 is 0 Å². The van der Waals surface area contributed by atoms with Gasteiger partial charge in [0.2, 0.25) is 5.88 Å². The number of nitrogens with two attached hydrogens (primary N) is 1. The van der Waals surface area contributed by atoms with Gasteiger partial charge < -0.3 is 10.5 Å². The van der Waals surface area contributed by atoms with Gasteiger partial charge in [0.05, 0.1) is 11.2 Å². The number of aromatic nitrogens is 2. The van der Waals surface area contributed by atoms with Crippen LogP contribution in [0.15, 0.2) is 36.0 Å². The molecule has 0 aliphatic heterocycles. The predicted molar refractivity (Wildman–Crippen MR) is 73.1 cm³/mol. The average molecular weight is 257 g/mol. The highest BCUT2D eigenvalue weighted by atomic mass is 32.1. The van der Waals surface area contributed by atoms with E-state index in [-0.39, 0.29) is 0 Å². The Morgan fingerprint density at radius 3 is 3.00 bits per heavy atom. The number of ether oxygens (including phenoxy) is 1. The molecular formula is C13H11N3OS. The van der Waals surface area contributed by atoms with Crippen molar-refractivity contribution >= 4 is 27.2 Å². The summed E-state index contributed by atoms with van der Waals surface area (Å²) in [5.41, 5.74) is 8.47. The maximum absolute atomic E-state index is 5.89. The molecule has 0 fully saturated rings. The Bertz CT molecular complexity index is 708. The molecule has 5 heteroatoms. The van der Waals surface area contributed by atoms with Crippen molar-refractivity contribution in [2.45, 2.75) is 6.92 Å². The van der Waals surface area contributed by atoms with E-state index in [1.54, 1.807) is 11.3 Å². The van der Waals surface area contributed by atoms with Crippen LogP contribution in [0.1, 0.15) is 5.56 Å². The molecular weight excluding hydrogens is 246 g/mol. The zero-order chi connectivity index (χ0) is 12.5. The fourth-order valence-corrected chi connectivity index (χ4v) is 2.44. The van der Waals surface area contributed by atoms with Crippen LogP contribution in [0.5, 0.6) is 11.6 Å². The third-order valence-electron chi connectivity index (χ3n) is 2.59. The van der Waals surface area contributed by atoms with Gasteiger partial charge in [0, 0.05) is 0 Å². The monoisotopic (exact) mass is 257 g/mol. The van der Waals surface area contributed by atoms with E-state index in [0.29, 0.717) is 17.3 Å². The van der Waals surface area contributed by atoms with Gasteiger partial charge in [-0.05, 0) is 36.1 Å². The first-order valence-electron chi connectivity index (χ1n) is 5.46. The van der Waals surface area contributed by atoms with E-state index in [2.05, 4.69) is 9.97 Å². The summed E-state index contributed by atoms with van der Waals surface area (Å²) in [4.78, 5) is 8.34. The number of nitrogen functional groups attached to an aromatic ring is 1. The molecule has 0 spiro atoms. The first-order chi connectivity index (χ1) is 8.74. The average Bonchev–Trinajstić information content (AvgIpc) is 2.83. The van der Waals surface area contributed by atoms with Crippen molar-refractivity contribution in [2.75, 3.05) is 5.73 Å². The number of aryl methyl sites for hydroxylation is 1. The molecule has 3 aromatic rings. The second kappa shape index (κ2) is 4.27. The number of thiophene rings is 1. The molecule has 18 heavy (non-hydrogen) atoms. The summed E-state index contributed by atoms with van der Waals surface area (Å²) in [5, 5.41) is 1.96. The van der Waals surface area contributed by atoms with Crippen LogP contribution in [0.4, 0.5) is 5.69 Å². The zero-order valence-electron chi connectivity index (χ0n) is 9.75. The molecule has 0 amide bonds. The van der Waals surface area contributed by atoms with Crippen molar-refractivity contribution in [3.05, 3.63) is 41.5 Å². The highest BCUT2D eigenvalue weighted by Crippen LogP contribution is 2.33. The standard InChI is InChI=1S/C13H11N3OS/c1-8-2-3-9(14)11(6-8)17-13-12-10(4-5-18-12)15-7-16-13/h2-7H,14H2,1H3. The number of benzene rings is 1. The van der Waals surface area contributed by atoms with E-state index in [1.165, 1.54) is 6.33 Å². The molecule has 0 atom stereocenters. The van der Waals surface area contributed by atoms with Crippen LogP contribution in [0.3, 0.4) is 0 Å². The molecule has 3 rings (SSSR count). The lowest BCUT2D eigenvalue weighted by Crippen LogP contribution is -1.94. The number of rotatable bonds is 2. The number of hydrogen-bond acceptors (Lipinski definition) is 5. The summed E-state index contributed by atoms with van der Waals surface area (Å²) >= 11 is 1.55. The molecule has 1 aromatic carbocycles. The van der Waals surface area contributed by atoms with Crippen molar-refractivity contribution in [1.82, 2.24) is 9.97 Å². The van der Waals surface area contributed by atoms with Crippen molar-refractivity contribution < 1.29 is 4.74 Å². The Kier molecular flexibility index (Phi) is 2.60. The molecule has 0 saturated carbocycles. The molecule has 4 nitrogen and oxygen atoms in total. The van der Waals surface area contributed by atoms with Crippen LogP contribution in [0.2, 0.25) is 0 Å². The molecule has 90 valence electrons. The van der Waals surface area contributed by atoms with Gasteiger partial charge in [-0.15, -0.1) is 11.3 Å². The second-order valence-electron chi connectivity index (χ2n) is 3.96. The highest BCUT2D eigenvalue weighted by molar-refractivity contribution is 7.17. The molecule has 2 aromatic heterocycles. The lowest BCUT2D eigenvalue weighted by molar-refractivity contribution is 0.471. The van der Waals surface area contributed by atoms with Crippen molar-refractivity contribution in [2.24, 2.45) is 0 Å². The van der Waals surface area contributed by atoms with E-state index in [1.807, 2.05) is 36.6 Å². The lowest BCUT2D eigenvalue weighted by Gasteiger charge is -2.08. The zero-order valence-corrected chi connectivity index (χ0v) is 10.6. The van der Waals surface area contributed by atoms with Gasteiger partial charge in [-0.2, -0.15) is 0 Å². The van der Waals surface area contributed by atoms with Gasteiger partial charge in [-0.1, -0.05) is 6.07 Å². The van der Waals surface area contributed by atoms with Crippen molar-refractivity contribution in [3.63, 3.8) is 0 Å². The normalized spacial score (nSPS) is 10.7. The van der Waals surface area contributed by atoms with Gasteiger partial charge in [0.25, 0.3) is 0 Å². The lowest BCUT2D eigenvalue weighted by atomic mass is 10.2. The minimum absolute atomic E-state index is 0.548. The van der Waals surface area contributed by atoms with Crippen LogP contribution < -0.4 is 10.5 Å². The maximum atomic E-state index is 5.89. The number of hydrogen-bond donors (Lipinski definition) is 1. The van der Waals surface area contributed by atoms with Gasteiger partial charge in [-0.3, -0.25) is 0 Å². The van der Waals surface area contributed by atoms with Crippen LogP contribution >= 0.6 is 11.3 Å². The summed E-state index contributed by atoms with van der Waals surface area (Å²) < 4.78 is 6.72. The predicted octanol–water partition coefficient (Wildman–Crippen LogP) is 3.37. The molecule has 0 saturated heterocycles. The summed E-state index contributed by atoms with van der Waals surface area (Å²) in [6, 6.07) is 7.62. The molecule has 2 N–H and O–H groups in total. The fraction of sp³-hybridized carbons (Fsp3) is 0.0769. The third-order valence-corrected chi connectivity index (χ3v) is 3.48. The minimum Gasteiger partial charge on any atom is -0.435 e. The van der Waals surface area contributed by atoms with E-state index in [9.17, 15) is 0 Å². The van der Waals surface area contributed by atoms with Gasteiger partial charge in [-0.25, -0.2) is 9.97 Å². The summed E-state index contributed by atoms with van der Waals surface area (Å²) in [6.07, 6.45) is 1.50. The largest absolute Gasteiger partial charge is 0.435 e.